The maximum atomic E-state index is 11.3. The molecule has 0 N–H and O–H groups in total. The third-order valence-electron chi connectivity index (χ3n) is 2.10. The van der Waals surface area contributed by atoms with Crippen LogP contribution in [0.3, 0.4) is 0 Å². The van der Waals surface area contributed by atoms with Gasteiger partial charge in [0.15, 0.2) is 0 Å². The summed E-state index contributed by atoms with van der Waals surface area (Å²) in [4.78, 5) is 11.3. The molecule has 0 saturated heterocycles. The van der Waals surface area contributed by atoms with E-state index in [0.29, 0.717) is 5.57 Å². The average molecular weight is 261 g/mol. The Hall–Kier alpha value is -1.19. The van der Waals surface area contributed by atoms with Gasteiger partial charge in [0, 0.05) is 22.4 Å². The molecule has 3 heteroatoms. The average Bonchev–Trinajstić information content (AvgIpc) is 2.27. The van der Waals surface area contributed by atoms with E-state index in [1.807, 2.05) is 24.3 Å². The SMILES string of the molecule is [CH2-]c1ccccc1/C=C(\[CH]C)C(=O)OC.[Co]. The number of carbonyl (C=O) groups is 1. The minimum absolute atomic E-state index is 0. The van der Waals surface area contributed by atoms with Gasteiger partial charge in [-0.25, -0.2) is 4.79 Å². The predicted octanol–water partition coefficient (Wildman–Crippen LogP) is 2.65. The molecular weight excluding hydrogens is 247 g/mol. The van der Waals surface area contributed by atoms with Crippen LogP contribution in [0, 0.1) is 13.3 Å². The zero-order valence-electron chi connectivity index (χ0n) is 9.32. The topological polar surface area (TPSA) is 26.3 Å². The standard InChI is InChI=1S/C13H14O2.Co/c1-4-11(13(14)15-3)9-12-8-6-5-7-10(12)2;/h4-9H,2H2,1,3H3;/q-1;/b11-9+;. The van der Waals surface area contributed by atoms with Crippen molar-refractivity contribution in [1.82, 2.24) is 0 Å². The first-order valence-electron chi connectivity index (χ1n) is 4.69. The van der Waals surface area contributed by atoms with Crippen LogP contribution in [0.25, 0.3) is 6.08 Å². The summed E-state index contributed by atoms with van der Waals surface area (Å²) in [6, 6.07) is 7.63. The zero-order chi connectivity index (χ0) is 11.3. The Labute approximate surface area is 107 Å². The molecule has 16 heavy (non-hydrogen) atoms. The smallest absolute Gasteiger partial charge is 0.332 e. The summed E-state index contributed by atoms with van der Waals surface area (Å²) in [5, 5.41) is 0. The van der Waals surface area contributed by atoms with Crippen molar-refractivity contribution in [2.24, 2.45) is 0 Å². The molecule has 0 aliphatic heterocycles. The number of rotatable bonds is 3. The quantitative estimate of drug-likeness (QED) is 0.475. The van der Waals surface area contributed by atoms with Gasteiger partial charge in [-0.1, -0.05) is 19.1 Å². The number of benzene rings is 1. The third kappa shape index (κ3) is 3.75. The fourth-order valence-electron chi connectivity index (χ4n) is 1.22. The van der Waals surface area contributed by atoms with E-state index in [1.165, 1.54) is 7.11 Å². The van der Waals surface area contributed by atoms with Crippen molar-refractivity contribution in [3.63, 3.8) is 0 Å². The fraction of sp³-hybridized carbons (Fsp3) is 0.154. The van der Waals surface area contributed by atoms with Crippen LogP contribution in [-0.2, 0) is 26.3 Å². The summed E-state index contributed by atoms with van der Waals surface area (Å²) in [7, 11) is 1.37. The maximum Gasteiger partial charge on any atom is 0.332 e. The second-order valence-corrected chi connectivity index (χ2v) is 3.08. The Bertz CT molecular complexity index is 383. The maximum absolute atomic E-state index is 11.3. The Morgan fingerprint density at radius 2 is 2.00 bits per heavy atom. The van der Waals surface area contributed by atoms with Crippen LogP contribution in [0.15, 0.2) is 29.8 Å². The van der Waals surface area contributed by atoms with E-state index in [4.69, 9.17) is 0 Å². The van der Waals surface area contributed by atoms with Crippen LogP contribution in [0.5, 0.6) is 0 Å². The number of hydrogen-bond donors (Lipinski definition) is 0. The van der Waals surface area contributed by atoms with Crippen LogP contribution in [-0.4, -0.2) is 13.1 Å². The molecule has 0 unspecified atom stereocenters. The van der Waals surface area contributed by atoms with Gasteiger partial charge in [-0.15, -0.1) is 17.7 Å². The van der Waals surface area contributed by atoms with Gasteiger partial charge in [0.25, 0.3) is 0 Å². The first-order valence-corrected chi connectivity index (χ1v) is 4.69. The van der Waals surface area contributed by atoms with Gasteiger partial charge >= 0.3 is 5.97 Å². The van der Waals surface area contributed by atoms with Crippen molar-refractivity contribution in [1.29, 1.82) is 0 Å². The molecule has 1 rings (SSSR count). The van der Waals surface area contributed by atoms with Gasteiger partial charge in [0.1, 0.15) is 0 Å². The first kappa shape index (κ1) is 14.8. The zero-order valence-corrected chi connectivity index (χ0v) is 10.4. The molecule has 0 atom stereocenters. The summed E-state index contributed by atoms with van der Waals surface area (Å²) in [5.41, 5.74) is 2.35. The Kier molecular flexibility index (Phi) is 6.61. The molecule has 0 heterocycles. The van der Waals surface area contributed by atoms with Crippen LogP contribution in [0.2, 0.25) is 0 Å². The monoisotopic (exact) mass is 261 g/mol. The number of ether oxygens (including phenoxy) is 1. The van der Waals surface area contributed by atoms with E-state index in [2.05, 4.69) is 11.7 Å². The Morgan fingerprint density at radius 1 is 1.38 bits per heavy atom. The molecule has 0 aliphatic carbocycles. The molecule has 0 fully saturated rings. The number of esters is 1. The van der Waals surface area contributed by atoms with E-state index in [-0.39, 0.29) is 22.7 Å². The van der Waals surface area contributed by atoms with Gasteiger partial charge in [-0.3, -0.25) is 0 Å². The van der Waals surface area contributed by atoms with E-state index >= 15 is 0 Å². The molecule has 0 spiro atoms. The van der Waals surface area contributed by atoms with Crippen LogP contribution in [0.1, 0.15) is 18.1 Å². The van der Waals surface area contributed by atoms with Crippen LogP contribution in [0.4, 0.5) is 0 Å². The van der Waals surface area contributed by atoms with E-state index in [9.17, 15) is 4.79 Å². The molecule has 0 aromatic heterocycles. The second-order valence-electron chi connectivity index (χ2n) is 3.08. The minimum atomic E-state index is -0.333. The summed E-state index contributed by atoms with van der Waals surface area (Å²) in [6.45, 7) is 5.68. The molecule has 88 valence electrons. The molecule has 0 bridgehead atoms. The molecular formula is C13H14CoO2-. The van der Waals surface area contributed by atoms with E-state index in [0.717, 1.165) is 11.1 Å². The van der Waals surface area contributed by atoms with Crippen molar-refractivity contribution >= 4 is 12.0 Å². The van der Waals surface area contributed by atoms with Gasteiger partial charge in [0.05, 0.1) is 7.11 Å². The third-order valence-corrected chi connectivity index (χ3v) is 2.10. The largest absolute Gasteiger partial charge is 0.466 e. The molecule has 1 aromatic carbocycles. The van der Waals surface area contributed by atoms with Crippen LogP contribution >= 0.6 is 0 Å². The van der Waals surface area contributed by atoms with Gasteiger partial charge in [0.2, 0.25) is 0 Å². The van der Waals surface area contributed by atoms with Crippen molar-refractivity contribution < 1.29 is 26.3 Å². The van der Waals surface area contributed by atoms with Crippen molar-refractivity contribution in [3.8, 4) is 0 Å². The van der Waals surface area contributed by atoms with Gasteiger partial charge < -0.3 is 4.74 Å². The molecule has 0 saturated carbocycles. The van der Waals surface area contributed by atoms with Crippen molar-refractivity contribution in [2.75, 3.05) is 7.11 Å². The minimum Gasteiger partial charge on any atom is -0.466 e. The first-order chi connectivity index (χ1) is 7.19. The number of carbonyl (C=O) groups excluding carboxylic acids is 1. The predicted molar refractivity (Wildman–Crippen MR) is 60.9 cm³/mol. The normalized spacial score (nSPS) is 10.5. The summed E-state index contributed by atoms with van der Waals surface area (Å²) in [5.74, 6) is -0.333. The Balaban J connectivity index is 0.00000225. The molecule has 2 radical (unpaired) electrons. The number of hydrogen-bond acceptors (Lipinski definition) is 2. The van der Waals surface area contributed by atoms with E-state index in [1.54, 1.807) is 19.4 Å². The Morgan fingerprint density at radius 3 is 2.50 bits per heavy atom. The van der Waals surface area contributed by atoms with Crippen LogP contribution < -0.4 is 0 Å². The molecule has 0 amide bonds. The summed E-state index contributed by atoms with van der Waals surface area (Å²) < 4.78 is 4.66. The molecule has 2 nitrogen and oxygen atoms in total. The van der Waals surface area contributed by atoms with Gasteiger partial charge in [-0.2, -0.15) is 18.6 Å². The molecule has 1 aromatic rings. The second kappa shape index (κ2) is 7.14. The molecule has 0 aliphatic rings. The van der Waals surface area contributed by atoms with Crippen molar-refractivity contribution in [2.45, 2.75) is 6.92 Å². The van der Waals surface area contributed by atoms with E-state index < -0.39 is 0 Å². The number of methoxy groups -OCH3 is 1. The summed E-state index contributed by atoms with van der Waals surface area (Å²) >= 11 is 0. The fourth-order valence-corrected chi connectivity index (χ4v) is 1.22. The van der Waals surface area contributed by atoms with Gasteiger partial charge in [-0.05, 0) is 6.42 Å². The van der Waals surface area contributed by atoms with Crippen molar-refractivity contribution in [3.05, 3.63) is 54.3 Å². The summed E-state index contributed by atoms with van der Waals surface area (Å²) in [6.07, 6.45) is 3.49.